The fourth-order valence-corrected chi connectivity index (χ4v) is 4.08. The van der Waals surface area contributed by atoms with E-state index in [9.17, 15) is 26.4 Å². The van der Waals surface area contributed by atoms with E-state index < -0.39 is 22.1 Å². The Hall–Kier alpha value is -1.85. The number of hydrogen-bond acceptors (Lipinski definition) is 5. The summed E-state index contributed by atoms with van der Waals surface area (Å²) in [6, 6.07) is 3.83. The number of carbonyl (C=O) groups is 1. The first-order chi connectivity index (χ1) is 13.5. The minimum atomic E-state index is -4.85. The molecule has 164 valence electrons. The Kier molecular flexibility index (Phi) is 8.29. The number of benzene rings is 1. The Morgan fingerprint density at radius 2 is 1.83 bits per heavy atom. The highest BCUT2D eigenvalue weighted by atomic mass is 32.2. The maximum absolute atomic E-state index is 12.2. The van der Waals surface area contributed by atoms with Gasteiger partial charge >= 0.3 is 6.36 Å². The summed E-state index contributed by atoms with van der Waals surface area (Å²) in [6.45, 7) is 5.54. The Labute approximate surface area is 168 Å². The molecule has 11 heteroatoms. The molecule has 1 atom stereocenters. The standard InChI is InChI=1S/C18H26F3N3O4S/c1-14(13-24-10-2-3-11-24)12-22-17(25)8-9-23-29(26,27)16-6-4-15(5-7-16)28-18(19,20)21/h4-7,14,23H,2-3,8-13H2,1H3,(H,22,25). The van der Waals surface area contributed by atoms with Crippen molar-refractivity contribution in [1.29, 1.82) is 0 Å². The van der Waals surface area contributed by atoms with Crippen LogP contribution in [0.25, 0.3) is 0 Å². The number of amides is 1. The average molecular weight is 437 g/mol. The van der Waals surface area contributed by atoms with Crippen LogP contribution in [0.3, 0.4) is 0 Å². The van der Waals surface area contributed by atoms with Crippen molar-refractivity contribution in [3.8, 4) is 5.75 Å². The van der Waals surface area contributed by atoms with Crippen LogP contribution in [0.5, 0.6) is 5.75 Å². The maximum Gasteiger partial charge on any atom is 0.573 e. The highest BCUT2D eigenvalue weighted by molar-refractivity contribution is 7.89. The molecule has 2 rings (SSSR count). The van der Waals surface area contributed by atoms with E-state index in [1.54, 1.807) is 0 Å². The average Bonchev–Trinajstić information content (AvgIpc) is 3.12. The van der Waals surface area contributed by atoms with Crippen molar-refractivity contribution in [2.45, 2.75) is 37.4 Å². The molecule has 1 saturated heterocycles. The maximum atomic E-state index is 12.2. The first-order valence-electron chi connectivity index (χ1n) is 9.40. The minimum Gasteiger partial charge on any atom is -0.406 e. The van der Waals surface area contributed by atoms with E-state index in [1.807, 2.05) is 6.92 Å². The van der Waals surface area contributed by atoms with Crippen molar-refractivity contribution in [2.75, 3.05) is 32.7 Å². The number of ether oxygens (including phenoxy) is 1. The van der Waals surface area contributed by atoms with Crippen molar-refractivity contribution >= 4 is 15.9 Å². The van der Waals surface area contributed by atoms with Crippen molar-refractivity contribution in [1.82, 2.24) is 14.9 Å². The van der Waals surface area contributed by atoms with Crippen LogP contribution in [0.4, 0.5) is 13.2 Å². The van der Waals surface area contributed by atoms with Gasteiger partial charge in [0.25, 0.3) is 0 Å². The summed E-state index contributed by atoms with van der Waals surface area (Å²) in [5.41, 5.74) is 0. The second-order valence-electron chi connectivity index (χ2n) is 7.08. The molecule has 1 heterocycles. The van der Waals surface area contributed by atoms with Gasteiger partial charge in [0.2, 0.25) is 15.9 Å². The molecule has 1 amide bonds. The number of nitrogens with zero attached hydrogens (tertiary/aromatic N) is 1. The van der Waals surface area contributed by atoms with E-state index in [1.165, 1.54) is 12.8 Å². The quantitative estimate of drug-likeness (QED) is 0.585. The van der Waals surface area contributed by atoms with Gasteiger partial charge in [-0.15, -0.1) is 13.2 Å². The van der Waals surface area contributed by atoms with E-state index in [4.69, 9.17) is 0 Å². The molecule has 1 aromatic rings. The van der Waals surface area contributed by atoms with Gasteiger partial charge in [0, 0.05) is 26.1 Å². The van der Waals surface area contributed by atoms with Gasteiger partial charge in [0.15, 0.2) is 0 Å². The van der Waals surface area contributed by atoms with Crippen molar-refractivity contribution in [3.05, 3.63) is 24.3 Å². The van der Waals surface area contributed by atoms with Gasteiger partial charge in [-0.05, 0) is 56.1 Å². The lowest BCUT2D eigenvalue weighted by Crippen LogP contribution is -2.36. The summed E-state index contributed by atoms with van der Waals surface area (Å²) in [7, 11) is -3.94. The molecule has 29 heavy (non-hydrogen) atoms. The van der Waals surface area contributed by atoms with Gasteiger partial charge in [0.05, 0.1) is 4.90 Å². The molecular formula is C18H26F3N3O4S. The van der Waals surface area contributed by atoms with Crippen LogP contribution in [0.2, 0.25) is 0 Å². The second-order valence-corrected chi connectivity index (χ2v) is 8.85. The summed E-state index contributed by atoms with van der Waals surface area (Å²) in [5.74, 6) is -0.486. The molecular weight excluding hydrogens is 411 g/mol. The number of rotatable bonds is 10. The monoisotopic (exact) mass is 437 g/mol. The largest absolute Gasteiger partial charge is 0.573 e. The number of alkyl halides is 3. The van der Waals surface area contributed by atoms with Gasteiger partial charge in [-0.25, -0.2) is 13.1 Å². The van der Waals surface area contributed by atoms with E-state index in [0.717, 1.165) is 43.9 Å². The highest BCUT2D eigenvalue weighted by Crippen LogP contribution is 2.23. The Balaban J connectivity index is 1.71. The molecule has 1 aliphatic heterocycles. The number of sulfonamides is 1. The summed E-state index contributed by atoms with van der Waals surface area (Å²) in [4.78, 5) is 14.0. The SMILES string of the molecule is CC(CNC(=O)CCNS(=O)(=O)c1ccc(OC(F)(F)F)cc1)CN1CCCC1. The molecule has 1 aliphatic rings. The third-order valence-corrected chi connectivity index (χ3v) is 5.90. The fraction of sp³-hybridized carbons (Fsp3) is 0.611. The topological polar surface area (TPSA) is 87.7 Å². The number of carbonyl (C=O) groups excluding carboxylic acids is 1. The molecule has 0 radical (unpaired) electrons. The van der Waals surface area contributed by atoms with Crippen LogP contribution in [0.15, 0.2) is 29.2 Å². The molecule has 7 nitrogen and oxygen atoms in total. The summed E-state index contributed by atoms with van der Waals surface area (Å²) >= 11 is 0. The summed E-state index contributed by atoms with van der Waals surface area (Å²) < 4.78 is 66.7. The van der Waals surface area contributed by atoms with Gasteiger partial charge in [-0.2, -0.15) is 0 Å². The van der Waals surface area contributed by atoms with Gasteiger partial charge in [-0.3, -0.25) is 4.79 Å². The predicted molar refractivity (Wildman–Crippen MR) is 101 cm³/mol. The molecule has 1 fully saturated rings. The zero-order valence-corrected chi connectivity index (χ0v) is 17.0. The van der Waals surface area contributed by atoms with Crippen LogP contribution in [0, 0.1) is 5.92 Å². The normalized spacial score (nSPS) is 16.6. The Morgan fingerprint density at radius 1 is 1.21 bits per heavy atom. The zero-order chi connectivity index (χ0) is 21.5. The molecule has 0 aromatic heterocycles. The zero-order valence-electron chi connectivity index (χ0n) is 16.2. The first-order valence-corrected chi connectivity index (χ1v) is 10.9. The van der Waals surface area contributed by atoms with Crippen LogP contribution in [-0.2, 0) is 14.8 Å². The van der Waals surface area contributed by atoms with Gasteiger partial charge < -0.3 is 15.0 Å². The van der Waals surface area contributed by atoms with E-state index >= 15 is 0 Å². The van der Waals surface area contributed by atoms with E-state index in [0.29, 0.717) is 12.5 Å². The number of nitrogens with one attached hydrogen (secondary N) is 2. The molecule has 2 N–H and O–H groups in total. The second kappa shape index (κ2) is 10.3. The third-order valence-electron chi connectivity index (χ3n) is 4.43. The Morgan fingerprint density at radius 3 is 2.41 bits per heavy atom. The summed E-state index contributed by atoms with van der Waals surface area (Å²) in [5, 5.41) is 2.79. The van der Waals surface area contributed by atoms with Crippen molar-refractivity contribution in [2.24, 2.45) is 5.92 Å². The van der Waals surface area contributed by atoms with Gasteiger partial charge in [0.1, 0.15) is 5.75 Å². The molecule has 1 aromatic carbocycles. The number of halogens is 3. The molecule has 0 spiro atoms. The lowest BCUT2D eigenvalue weighted by molar-refractivity contribution is -0.274. The van der Waals surface area contributed by atoms with Crippen LogP contribution in [-0.4, -0.2) is 58.3 Å². The van der Waals surface area contributed by atoms with E-state index in [2.05, 4.69) is 19.7 Å². The molecule has 0 aliphatic carbocycles. The lowest BCUT2D eigenvalue weighted by Gasteiger charge is -2.20. The lowest BCUT2D eigenvalue weighted by atomic mass is 10.1. The molecule has 1 unspecified atom stereocenters. The number of likely N-dealkylation sites (tertiary alicyclic amines) is 1. The van der Waals surface area contributed by atoms with Crippen LogP contribution < -0.4 is 14.8 Å². The molecule has 0 bridgehead atoms. The number of hydrogen-bond donors (Lipinski definition) is 2. The predicted octanol–water partition coefficient (Wildman–Crippen LogP) is 2.10. The smallest absolute Gasteiger partial charge is 0.406 e. The van der Waals surface area contributed by atoms with Crippen molar-refractivity contribution < 1.29 is 31.1 Å². The van der Waals surface area contributed by atoms with Crippen LogP contribution >= 0.6 is 0 Å². The fourth-order valence-electron chi connectivity index (χ4n) is 3.05. The Bertz CT molecular complexity index is 764. The van der Waals surface area contributed by atoms with E-state index in [-0.39, 0.29) is 23.8 Å². The minimum absolute atomic E-state index is 0.0368. The van der Waals surface area contributed by atoms with Crippen molar-refractivity contribution in [3.63, 3.8) is 0 Å². The van der Waals surface area contributed by atoms with Crippen LogP contribution in [0.1, 0.15) is 26.2 Å². The van der Waals surface area contributed by atoms with Gasteiger partial charge in [-0.1, -0.05) is 6.92 Å². The first kappa shape index (κ1) is 23.4. The summed E-state index contributed by atoms with van der Waals surface area (Å²) in [6.07, 6.45) is -2.47. The third kappa shape index (κ3) is 8.58. The molecule has 0 saturated carbocycles. The highest BCUT2D eigenvalue weighted by Gasteiger charge is 2.31.